The Labute approximate surface area is 151 Å². The van der Waals surface area contributed by atoms with Crippen LogP contribution in [0.5, 0.6) is 11.5 Å². The lowest BCUT2D eigenvalue weighted by Gasteiger charge is -2.28. The maximum atomic E-state index is 5.48. The van der Waals surface area contributed by atoms with Crippen molar-refractivity contribution in [2.45, 2.75) is 19.5 Å². The second kappa shape index (κ2) is 6.38. The van der Waals surface area contributed by atoms with Crippen LogP contribution in [0.2, 0.25) is 0 Å². The van der Waals surface area contributed by atoms with Gasteiger partial charge in [-0.2, -0.15) is 0 Å². The predicted octanol–water partition coefficient (Wildman–Crippen LogP) is 2.83. The van der Waals surface area contributed by atoms with Gasteiger partial charge in [-0.3, -0.25) is 9.88 Å². The van der Waals surface area contributed by atoms with Crippen molar-refractivity contribution in [3.8, 4) is 23.0 Å². The Bertz CT molecular complexity index is 946. The van der Waals surface area contributed by atoms with Crippen LogP contribution in [0.3, 0.4) is 0 Å². The molecule has 6 heteroatoms. The van der Waals surface area contributed by atoms with Crippen molar-refractivity contribution >= 4 is 0 Å². The Morgan fingerprint density at radius 3 is 2.92 bits per heavy atom. The highest BCUT2D eigenvalue weighted by molar-refractivity contribution is 5.49. The molecule has 2 aromatic heterocycles. The van der Waals surface area contributed by atoms with Crippen LogP contribution in [0.4, 0.5) is 0 Å². The van der Waals surface area contributed by atoms with E-state index in [4.69, 9.17) is 14.5 Å². The van der Waals surface area contributed by atoms with E-state index in [2.05, 4.69) is 27.0 Å². The molecule has 2 aliphatic rings. The molecule has 6 nitrogen and oxygen atoms in total. The van der Waals surface area contributed by atoms with E-state index in [1.54, 1.807) is 6.20 Å². The summed E-state index contributed by atoms with van der Waals surface area (Å²) in [5, 5.41) is 0. The molecule has 0 fully saturated rings. The number of nitrogens with zero attached hydrogens (tertiary/aromatic N) is 4. The number of ether oxygens (including phenoxy) is 2. The quantitative estimate of drug-likeness (QED) is 0.727. The number of rotatable bonds is 3. The molecule has 0 saturated carbocycles. The molecule has 0 saturated heterocycles. The normalized spacial score (nSPS) is 15.7. The van der Waals surface area contributed by atoms with Crippen molar-refractivity contribution in [1.29, 1.82) is 0 Å². The molecule has 1 aromatic carbocycles. The third-order valence-corrected chi connectivity index (χ3v) is 4.76. The van der Waals surface area contributed by atoms with Gasteiger partial charge in [-0.1, -0.05) is 12.1 Å². The largest absolute Gasteiger partial charge is 0.454 e. The number of benzene rings is 1. The van der Waals surface area contributed by atoms with Gasteiger partial charge >= 0.3 is 0 Å². The minimum Gasteiger partial charge on any atom is -0.454 e. The first-order valence-electron chi connectivity index (χ1n) is 8.72. The Kier molecular flexibility index (Phi) is 3.75. The van der Waals surface area contributed by atoms with Gasteiger partial charge in [-0.25, -0.2) is 9.97 Å². The molecule has 4 heterocycles. The van der Waals surface area contributed by atoms with E-state index < -0.39 is 0 Å². The van der Waals surface area contributed by atoms with Gasteiger partial charge in [-0.15, -0.1) is 0 Å². The van der Waals surface area contributed by atoms with Crippen molar-refractivity contribution < 1.29 is 9.47 Å². The third kappa shape index (κ3) is 2.88. The molecule has 0 unspecified atom stereocenters. The van der Waals surface area contributed by atoms with E-state index in [1.165, 1.54) is 11.1 Å². The van der Waals surface area contributed by atoms with Crippen molar-refractivity contribution in [1.82, 2.24) is 19.9 Å². The summed E-state index contributed by atoms with van der Waals surface area (Å²) in [6.07, 6.45) is 4.68. The summed E-state index contributed by atoms with van der Waals surface area (Å²) < 4.78 is 10.9. The lowest BCUT2D eigenvalue weighted by molar-refractivity contribution is 0.174. The fraction of sp³-hybridized carbons (Fsp3) is 0.250. The Hall–Kier alpha value is -2.99. The second-order valence-electron chi connectivity index (χ2n) is 6.53. The fourth-order valence-electron chi connectivity index (χ4n) is 3.41. The second-order valence-corrected chi connectivity index (χ2v) is 6.53. The number of hydrogen-bond acceptors (Lipinski definition) is 6. The van der Waals surface area contributed by atoms with Crippen LogP contribution in [0, 0.1) is 0 Å². The van der Waals surface area contributed by atoms with Crippen molar-refractivity contribution in [2.24, 2.45) is 0 Å². The zero-order valence-corrected chi connectivity index (χ0v) is 14.3. The van der Waals surface area contributed by atoms with Gasteiger partial charge < -0.3 is 9.47 Å². The highest BCUT2D eigenvalue weighted by Gasteiger charge is 2.20. The van der Waals surface area contributed by atoms with Gasteiger partial charge in [-0.05, 0) is 41.8 Å². The fourth-order valence-corrected chi connectivity index (χ4v) is 3.41. The van der Waals surface area contributed by atoms with Crippen LogP contribution in [0.15, 0.2) is 48.8 Å². The summed E-state index contributed by atoms with van der Waals surface area (Å²) in [4.78, 5) is 16.0. The average Bonchev–Trinajstić information content (AvgIpc) is 3.16. The van der Waals surface area contributed by atoms with E-state index in [0.29, 0.717) is 12.6 Å². The van der Waals surface area contributed by atoms with Crippen molar-refractivity contribution in [2.75, 3.05) is 13.3 Å². The molecule has 2 aliphatic heterocycles. The first-order chi connectivity index (χ1) is 12.8. The maximum absolute atomic E-state index is 5.48. The van der Waals surface area contributed by atoms with Crippen LogP contribution >= 0.6 is 0 Å². The van der Waals surface area contributed by atoms with Gasteiger partial charge in [0, 0.05) is 32.0 Å². The molecular formula is C20H18N4O2. The number of pyridine rings is 1. The van der Waals surface area contributed by atoms with Crippen molar-refractivity contribution in [3.05, 3.63) is 65.6 Å². The molecule has 0 atom stereocenters. The molecule has 26 heavy (non-hydrogen) atoms. The molecule has 0 aliphatic carbocycles. The molecule has 0 amide bonds. The predicted molar refractivity (Wildman–Crippen MR) is 95.6 cm³/mol. The highest BCUT2D eigenvalue weighted by Crippen LogP contribution is 2.33. The van der Waals surface area contributed by atoms with Crippen LogP contribution in [0.25, 0.3) is 11.5 Å². The first kappa shape index (κ1) is 15.3. The molecule has 130 valence electrons. The molecule has 0 bridgehead atoms. The topological polar surface area (TPSA) is 60.4 Å². The molecule has 5 rings (SSSR count). The van der Waals surface area contributed by atoms with Crippen LogP contribution in [-0.4, -0.2) is 33.2 Å². The van der Waals surface area contributed by atoms with E-state index in [1.807, 2.05) is 30.5 Å². The van der Waals surface area contributed by atoms with Crippen LogP contribution in [0.1, 0.15) is 16.8 Å². The lowest BCUT2D eigenvalue weighted by atomic mass is 10.1. The van der Waals surface area contributed by atoms with E-state index in [9.17, 15) is 0 Å². The minimum absolute atomic E-state index is 0.309. The van der Waals surface area contributed by atoms with Gasteiger partial charge in [0.1, 0.15) is 5.69 Å². The zero-order valence-electron chi connectivity index (χ0n) is 14.3. The number of aromatic nitrogens is 3. The SMILES string of the molecule is c1ccc(-c2ncc3c(n2)CN(Cc2ccc4c(c2)OCO4)CC3)nc1. The summed E-state index contributed by atoms with van der Waals surface area (Å²) in [5.41, 5.74) is 4.35. The molecule has 3 aromatic rings. The maximum Gasteiger partial charge on any atom is 0.231 e. The highest BCUT2D eigenvalue weighted by atomic mass is 16.7. The van der Waals surface area contributed by atoms with Gasteiger partial charge in [0.2, 0.25) is 6.79 Å². The molecule has 0 spiro atoms. The summed E-state index contributed by atoms with van der Waals surface area (Å²) in [7, 11) is 0. The molecular weight excluding hydrogens is 328 g/mol. The van der Waals surface area contributed by atoms with Gasteiger partial charge in [0.25, 0.3) is 0 Å². The smallest absolute Gasteiger partial charge is 0.231 e. The number of fused-ring (bicyclic) bond motifs is 2. The summed E-state index contributed by atoms with van der Waals surface area (Å²) in [6, 6.07) is 11.9. The number of hydrogen-bond donors (Lipinski definition) is 0. The van der Waals surface area contributed by atoms with Gasteiger partial charge in [0.15, 0.2) is 17.3 Å². The Morgan fingerprint density at radius 2 is 2.00 bits per heavy atom. The van der Waals surface area contributed by atoms with E-state index >= 15 is 0 Å². The van der Waals surface area contributed by atoms with Crippen molar-refractivity contribution in [3.63, 3.8) is 0 Å². The monoisotopic (exact) mass is 346 g/mol. The molecule has 0 radical (unpaired) electrons. The Morgan fingerprint density at radius 1 is 1.04 bits per heavy atom. The summed E-state index contributed by atoms with van der Waals surface area (Å²) in [5.74, 6) is 2.35. The van der Waals surface area contributed by atoms with Crippen LogP contribution in [-0.2, 0) is 19.5 Å². The minimum atomic E-state index is 0.309. The van der Waals surface area contributed by atoms with E-state index in [-0.39, 0.29) is 0 Å². The first-order valence-corrected chi connectivity index (χ1v) is 8.72. The standard InChI is InChI=1S/C20H18N4O2/c1-2-7-21-16(3-1)20-22-10-15-6-8-24(12-17(15)23-20)11-14-4-5-18-19(9-14)26-13-25-18/h1-5,7,9-10H,6,8,11-13H2. The Balaban J connectivity index is 1.36. The summed E-state index contributed by atoms with van der Waals surface area (Å²) >= 11 is 0. The summed E-state index contributed by atoms with van der Waals surface area (Å²) in [6.45, 7) is 2.97. The zero-order chi connectivity index (χ0) is 17.3. The average molecular weight is 346 g/mol. The van der Waals surface area contributed by atoms with E-state index in [0.717, 1.165) is 48.9 Å². The third-order valence-electron chi connectivity index (χ3n) is 4.76. The lowest BCUT2D eigenvalue weighted by Crippen LogP contribution is -2.31. The molecule has 0 N–H and O–H groups in total. The van der Waals surface area contributed by atoms with Crippen LogP contribution < -0.4 is 9.47 Å². The van der Waals surface area contributed by atoms with Gasteiger partial charge in [0.05, 0.1) is 5.69 Å².